The lowest BCUT2D eigenvalue weighted by Gasteiger charge is -2.33. The van der Waals surface area contributed by atoms with Gasteiger partial charge in [0.05, 0.1) is 44.3 Å². The Morgan fingerprint density at radius 2 is 0.521 bits per heavy atom. The highest BCUT2D eigenvalue weighted by atomic mass is 35.5. The van der Waals surface area contributed by atoms with E-state index < -0.39 is 0 Å². The predicted octanol–water partition coefficient (Wildman–Crippen LogP) is 19.1. The number of hydrogen-bond acceptors (Lipinski definition) is 10. The van der Waals surface area contributed by atoms with Gasteiger partial charge in [0.15, 0.2) is 0 Å². The van der Waals surface area contributed by atoms with Gasteiger partial charge < -0.3 is 21.3 Å². The molecule has 0 aliphatic rings. The minimum atomic E-state index is 0.463. The summed E-state index contributed by atoms with van der Waals surface area (Å²) in [5.41, 5.74) is 6.56. The molecule has 14 nitrogen and oxygen atoms in total. The minimum Gasteiger partial charge on any atom is -0.383 e. The van der Waals surface area contributed by atoms with Gasteiger partial charge in [-0.3, -0.25) is 30.6 Å². The number of rotatable bonds is 47. The van der Waals surface area contributed by atoms with E-state index in [1.165, 1.54) is 180 Å². The van der Waals surface area contributed by atoms with Crippen molar-refractivity contribution in [1.82, 2.24) is 9.80 Å². The summed E-state index contributed by atoms with van der Waals surface area (Å²) >= 11 is 25.4. The number of nitrogens with one attached hydrogen (secondary N) is 4. The maximum absolute atomic E-state index is 10.6. The highest BCUT2D eigenvalue weighted by Crippen LogP contribution is 2.29. The van der Waals surface area contributed by atoms with Crippen molar-refractivity contribution in [3.05, 3.63) is 142 Å². The highest BCUT2D eigenvalue weighted by molar-refractivity contribution is 6.32. The number of hydrogen-bond donors (Lipinski definition) is 8. The molecule has 0 aliphatic carbocycles. The lowest BCUT2D eigenvalue weighted by molar-refractivity contribution is -0.884. The second-order valence-corrected chi connectivity index (χ2v) is 27.7. The van der Waals surface area contributed by atoms with E-state index in [2.05, 4.69) is 44.9 Å². The fourth-order valence-electron chi connectivity index (χ4n) is 13.7. The van der Waals surface area contributed by atoms with Crippen molar-refractivity contribution in [2.45, 2.75) is 206 Å². The second kappa shape index (κ2) is 40.5. The van der Waals surface area contributed by atoms with Gasteiger partial charge in [-0.15, -0.1) is 0 Å². The monoisotopic (exact) mass is 1360 g/mol. The van der Waals surface area contributed by atoms with Crippen LogP contribution in [0.1, 0.15) is 194 Å². The van der Waals surface area contributed by atoms with Gasteiger partial charge in [-0.05, 0) is 74.2 Å². The summed E-state index contributed by atoms with van der Waals surface area (Å²) in [6.07, 6.45) is 42.2. The molecule has 4 aromatic heterocycles. The van der Waals surface area contributed by atoms with Crippen molar-refractivity contribution in [3.63, 3.8) is 0 Å². The van der Waals surface area contributed by atoms with Crippen LogP contribution >= 0.6 is 46.4 Å². The van der Waals surface area contributed by atoms with Crippen LogP contribution in [0.5, 0.6) is 0 Å². The third kappa shape index (κ3) is 23.4. The molecule has 94 heavy (non-hydrogen) atoms. The molecular formula is C76H108Cl4N10O4+4. The molecule has 0 saturated heterocycles. The molecule has 8 N–H and O–H groups in total. The van der Waals surface area contributed by atoms with Crippen molar-refractivity contribution in [1.29, 1.82) is 0 Å². The van der Waals surface area contributed by atoms with E-state index in [1.54, 1.807) is 49.1 Å². The normalized spacial score (nSPS) is 12.5. The summed E-state index contributed by atoms with van der Waals surface area (Å²) in [5.74, 6) is 0. The molecular weight excluding hydrogens is 1260 g/mol. The van der Waals surface area contributed by atoms with Crippen molar-refractivity contribution in [3.8, 4) is 0 Å². The van der Waals surface area contributed by atoms with Crippen molar-refractivity contribution >= 4 is 113 Å². The average molecular weight is 1370 g/mol. The molecule has 0 saturated carbocycles. The largest absolute Gasteiger partial charge is 0.383 e. The Kier molecular flexibility index (Phi) is 31.8. The Morgan fingerprint density at radius 3 is 0.745 bits per heavy atom. The van der Waals surface area contributed by atoms with E-state index in [0.717, 1.165) is 116 Å². The van der Waals surface area contributed by atoms with Crippen LogP contribution in [0.3, 0.4) is 0 Å². The molecule has 0 fully saturated rings. The Labute approximate surface area is 580 Å². The summed E-state index contributed by atoms with van der Waals surface area (Å²) in [7, 11) is 0. The van der Waals surface area contributed by atoms with Gasteiger partial charge in [0, 0.05) is 152 Å². The van der Waals surface area contributed by atoms with Crippen molar-refractivity contribution in [2.75, 3.05) is 73.6 Å². The fourth-order valence-corrected chi connectivity index (χ4v) is 14.4. The quantitative estimate of drug-likeness (QED) is 0.0105. The fraction of sp³-hybridized carbons (Fsp3) is 0.526. The third-order valence-corrected chi connectivity index (χ3v) is 20.0. The van der Waals surface area contributed by atoms with Crippen LogP contribution in [0, 0.1) is 0 Å². The van der Waals surface area contributed by atoms with E-state index in [1.807, 2.05) is 72.8 Å². The zero-order valence-electron chi connectivity index (χ0n) is 56.1. The number of halogens is 4. The molecule has 510 valence electrons. The van der Waals surface area contributed by atoms with Gasteiger partial charge in [0.1, 0.15) is 0 Å². The van der Waals surface area contributed by atoms with Crippen LogP contribution in [0.2, 0.25) is 20.1 Å². The molecule has 8 aromatic rings. The lowest BCUT2D eigenvalue weighted by Crippen LogP contribution is -2.41. The molecule has 0 radical (unpaired) electrons. The summed E-state index contributed by atoms with van der Waals surface area (Å²) in [6, 6.07) is 31.2. The Bertz CT molecular complexity index is 3370. The molecule has 8 rings (SSSR count). The van der Waals surface area contributed by atoms with E-state index in [-0.39, 0.29) is 0 Å². The molecule has 2 unspecified atom stereocenters. The summed E-state index contributed by atoms with van der Waals surface area (Å²) < 4.78 is 4.53. The smallest absolute Gasteiger partial charge is 0.268 e. The van der Waals surface area contributed by atoms with Gasteiger partial charge in [0.2, 0.25) is 24.8 Å². The first kappa shape index (κ1) is 73.8. The Morgan fingerprint density at radius 1 is 0.309 bits per heavy atom. The Hall–Kier alpha value is -6.00. The predicted molar refractivity (Wildman–Crippen MR) is 391 cm³/mol. The topological polar surface area (TPSA) is 151 Å². The number of anilines is 4. The lowest BCUT2D eigenvalue weighted by atomic mass is 9.98. The first-order valence-corrected chi connectivity index (χ1v) is 37.2. The first-order valence-electron chi connectivity index (χ1n) is 35.7. The van der Waals surface area contributed by atoms with Gasteiger partial charge in [0.25, 0.3) is 22.1 Å². The number of pyridine rings is 4. The van der Waals surface area contributed by atoms with Crippen LogP contribution in [0.15, 0.2) is 122 Å². The van der Waals surface area contributed by atoms with Crippen LogP contribution in [0.25, 0.3) is 43.6 Å². The Balaban J connectivity index is 0.791. The summed E-state index contributed by atoms with van der Waals surface area (Å²) in [6.45, 7) is 11.1. The molecule has 4 aromatic carbocycles. The maximum atomic E-state index is 10.6. The molecule has 0 spiro atoms. The van der Waals surface area contributed by atoms with E-state index in [4.69, 9.17) is 46.4 Å². The van der Waals surface area contributed by atoms with Gasteiger partial charge in [-0.2, -0.15) is 0 Å². The van der Waals surface area contributed by atoms with Crippen LogP contribution < -0.4 is 40.2 Å². The van der Waals surface area contributed by atoms with Crippen molar-refractivity contribution in [2.24, 2.45) is 0 Å². The summed E-state index contributed by atoms with van der Waals surface area (Å²) in [4.78, 5) is 5.40. The zero-order valence-corrected chi connectivity index (χ0v) is 59.2. The average Bonchev–Trinajstić information content (AvgIpc) is 0.854. The molecule has 2 atom stereocenters. The van der Waals surface area contributed by atoms with Gasteiger partial charge in [-0.25, -0.2) is 0 Å². The number of fused-ring (bicyclic) bond motifs is 4. The van der Waals surface area contributed by atoms with Gasteiger partial charge in [-0.1, -0.05) is 214 Å². The number of aromatic nitrogens is 4. The van der Waals surface area contributed by atoms with Crippen LogP contribution in [-0.2, 0) is 0 Å². The molecule has 0 aliphatic heterocycles. The number of benzene rings is 4. The van der Waals surface area contributed by atoms with Gasteiger partial charge >= 0.3 is 0 Å². The molecule has 4 heterocycles. The standard InChI is InChI=1S/C76H104Cl4N10O4/c1-3-5-7-9-20-24-28-64(86(53-45-83-71-41-49-89(93)75-57-61(79)33-37-67(71)75)54-46-84-72-42-50-90(94)76-58-62(80)34-38-68(72)76)30-26-22-18-16-14-12-10-11-13-15-17-21-25-29-63(27-23-19-8-6-4-2)85(51-43-81-69-39-47-87(91)73-55-59(77)31-35-65(69)73)52-44-82-70-40-48-88(92)74-56-60(78)32-36-66(70)74/h31-42,47-50,55-58,63-64,91-94H,3-30,43-46,51-54H2,1-2H3/p+4. The molecule has 0 bridgehead atoms. The molecule has 18 heteroatoms. The van der Waals surface area contributed by atoms with Crippen LogP contribution in [-0.4, -0.2) is 95.1 Å². The highest BCUT2D eigenvalue weighted by Gasteiger charge is 2.23. The SMILES string of the molecule is CCCCCCCCC(CCCCCCCCCCCCCCCC(CCCCCCC)N(CCNc1cc[n+](O)c2cc(Cl)ccc12)CCNc1cc[n+](O)c2cc(Cl)ccc12)N(CCNc1cc[n+](O)c2cc(Cl)ccc12)CCNc1cc[n+](O)c2cc(Cl)ccc12. The van der Waals surface area contributed by atoms with Crippen molar-refractivity contribution < 1.29 is 39.8 Å². The van der Waals surface area contributed by atoms with E-state index in [0.29, 0.717) is 54.2 Å². The zero-order chi connectivity index (χ0) is 66.3. The molecule has 0 amide bonds. The first-order chi connectivity index (χ1) is 45.9. The van der Waals surface area contributed by atoms with E-state index >= 15 is 0 Å². The summed E-state index contributed by atoms with van der Waals surface area (Å²) in [5, 5.41) is 63.3. The maximum Gasteiger partial charge on any atom is 0.268 e. The van der Waals surface area contributed by atoms with Crippen LogP contribution in [0.4, 0.5) is 22.7 Å². The minimum absolute atomic E-state index is 0.463. The number of nitrogens with zero attached hydrogens (tertiary/aromatic N) is 6. The third-order valence-electron chi connectivity index (χ3n) is 19.0. The number of unbranched alkanes of at least 4 members (excludes halogenated alkanes) is 21. The van der Waals surface area contributed by atoms with E-state index in [9.17, 15) is 20.8 Å². The second-order valence-electron chi connectivity index (χ2n) is 26.0.